The summed E-state index contributed by atoms with van der Waals surface area (Å²) in [4.78, 5) is 0. The fourth-order valence-corrected chi connectivity index (χ4v) is 0.472. The van der Waals surface area contributed by atoms with Crippen molar-refractivity contribution in [2.75, 3.05) is 13.2 Å². The Balaban J connectivity index is 0. The van der Waals surface area contributed by atoms with Crippen molar-refractivity contribution in [2.24, 2.45) is 0 Å². The maximum absolute atomic E-state index is 8.77. The van der Waals surface area contributed by atoms with Gasteiger partial charge in [0, 0.05) is 0 Å². The van der Waals surface area contributed by atoms with Crippen molar-refractivity contribution in [3.8, 4) is 0 Å². The summed E-state index contributed by atoms with van der Waals surface area (Å²) in [6, 6.07) is 0. The Bertz CT molecular complexity index is 80.9. The molecule has 0 aliphatic heterocycles. The predicted octanol–water partition coefficient (Wildman–Crippen LogP) is -4.40. The van der Waals surface area contributed by atoms with E-state index in [-0.39, 0.29) is 11.0 Å². The lowest BCUT2D eigenvalue weighted by Crippen LogP contribution is -2.41. The topological polar surface area (TPSA) is 101 Å². The minimum Gasteiger partial charge on any atom is -0.394 e. The molecule has 0 fully saturated rings. The third kappa shape index (κ3) is 4.46. The Morgan fingerprint density at radius 1 is 0.818 bits per heavy atom. The molecule has 0 aliphatic carbocycles. The van der Waals surface area contributed by atoms with E-state index in [2.05, 4.69) is 0 Å². The van der Waals surface area contributed by atoms with Gasteiger partial charge in [0.25, 0.3) is 0 Å². The second-order valence-electron chi connectivity index (χ2n) is 1.99. The number of hydrogen-bond donors (Lipinski definition) is 5. The van der Waals surface area contributed by atoms with Gasteiger partial charge in [-0.25, -0.2) is 0 Å². The van der Waals surface area contributed by atoms with Gasteiger partial charge in [0.2, 0.25) is 0 Å². The highest BCUT2D eigenvalue weighted by atomic mass is 28.1. The van der Waals surface area contributed by atoms with E-state index in [1.165, 1.54) is 0 Å². The monoisotopic (exact) mass is 184 g/mol. The summed E-state index contributed by atoms with van der Waals surface area (Å²) < 4.78 is 0. The Morgan fingerprint density at radius 2 is 1.09 bits per heavy atom. The van der Waals surface area contributed by atoms with Crippen LogP contribution in [0.4, 0.5) is 0 Å². The summed E-state index contributed by atoms with van der Waals surface area (Å²) in [5, 5.41) is 42.6. The molecule has 0 saturated heterocycles. The van der Waals surface area contributed by atoms with Crippen LogP contribution < -0.4 is 0 Å². The second-order valence-corrected chi connectivity index (χ2v) is 1.99. The summed E-state index contributed by atoms with van der Waals surface area (Å²) in [6.07, 6.45) is -4.29. The smallest absolute Gasteiger partial charge is 0.110 e. The van der Waals surface area contributed by atoms with Gasteiger partial charge in [-0.1, -0.05) is 0 Å². The Labute approximate surface area is 68.9 Å². The lowest BCUT2D eigenvalue weighted by atomic mass is 10.1. The van der Waals surface area contributed by atoms with Gasteiger partial charge in [0.1, 0.15) is 18.3 Å². The van der Waals surface area contributed by atoms with Gasteiger partial charge in [-0.2, -0.15) is 0 Å². The molecule has 6 heteroatoms. The van der Waals surface area contributed by atoms with E-state index in [4.69, 9.17) is 25.5 Å². The lowest BCUT2D eigenvalue weighted by molar-refractivity contribution is -0.0900. The van der Waals surface area contributed by atoms with E-state index in [0.717, 1.165) is 0 Å². The van der Waals surface area contributed by atoms with Gasteiger partial charge in [0.05, 0.1) is 13.2 Å². The number of rotatable bonds is 4. The molecule has 0 rings (SSSR count). The predicted molar refractivity (Wildman–Crippen MR) is 43.5 cm³/mol. The SMILES string of the molecule is OCC(O)C(O)C(O)CO.[SiH4]. The molecule has 2 atom stereocenters. The molecule has 11 heavy (non-hydrogen) atoms. The van der Waals surface area contributed by atoms with Crippen molar-refractivity contribution in [1.29, 1.82) is 0 Å². The Morgan fingerprint density at radius 3 is 1.27 bits per heavy atom. The van der Waals surface area contributed by atoms with E-state index in [9.17, 15) is 0 Å². The van der Waals surface area contributed by atoms with Gasteiger partial charge >= 0.3 is 0 Å². The number of aliphatic hydroxyl groups is 5. The average Bonchev–Trinajstić information content (AvgIpc) is 2.00. The fourth-order valence-electron chi connectivity index (χ4n) is 0.472. The van der Waals surface area contributed by atoms with Crippen LogP contribution in [0.2, 0.25) is 0 Å². The molecule has 0 aromatic rings. The first-order chi connectivity index (χ1) is 4.63. The highest BCUT2D eigenvalue weighted by Gasteiger charge is 2.22. The van der Waals surface area contributed by atoms with Crippen molar-refractivity contribution in [3.63, 3.8) is 0 Å². The molecule has 0 aromatic heterocycles. The highest BCUT2D eigenvalue weighted by molar-refractivity contribution is 5.75. The van der Waals surface area contributed by atoms with Crippen molar-refractivity contribution in [1.82, 2.24) is 0 Å². The van der Waals surface area contributed by atoms with Crippen molar-refractivity contribution >= 4 is 11.0 Å². The molecule has 0 saturated carbocycles. The van der Waals surface area contributed by atoms with Crippen LogP contribution in [0.15, 0.2) is 0 Å². The zero-order chi connectivity index (χ0) is 8.15. The van der Waals surface area contributed by atoms with Crippen molar-refractivity contribution in [3.05, 3.63) is 0 Å². The first kappa shape index (κ1) is 13.6. The van der Waals surface area contributed by atoms with Crippen LogP contribution in [0, 0.1) is 0 Å². The summed E-state index contributed by atoms with van der Waals surface area (Å²) in [5.74, 6) is 0. The fraction of sp³-hybridized carbons (Fsp3) is 1.00. The molecule has 70 valence electrons. The summed E-state index contributed by atoms with van der Waals surface area (Å²) in [7, 11) is 0. The maximum atomic E-state index is 8.77. The Kier molecular flexibility index (Phi) is 8.29. The molecular weight excluding hydrogens is 168 g/mol. The third-order valence-corrected chi connectivity index (χ3v) is 1.16. The highest BCUT2D eigenvalue weighted by Crippen LogP contribution is 1.97. The Hall–Kier alpha value is 0.0169. The molecule has 0 aromatic carbocycles. The van der Waals surface area contributed by atoms with E-state index in [0.29, 0.717) is 0 Å². The van der Waals surface area contributed by atoms with E-state index >= 15 is 0 Å². The quantitative estimate of drug-likeness (QED) is 0.284. The van der Waals surface area contributed by atoms with Gasteiger partial charge in [-0.05, 0) is 11.0 Å². The standard InChI is InChI=1S/C5H12O5.H4Si/c6-1-3(8)5(10)4(9)2-7;/h3-10H,1-2H2;1H4. The van der Waals surface area contributed by atoms with Crippen LogP contribution in [-0.4, -0.2) is 68.0 Å². The first-order valence-electron chi connectivity index (χ1n) is 2.89. The van der Waals surface area contributed by atoms with Gasteiger partial charge in [0.15, 0.2) is 0 Å². The van der Waals surface area contributed by atoms with E-state index < -0.39 is 31.5 Å². The van der Waals surface area contributed by atoms with Crippen LogP contribution in [0.1, 0.15) is 0 Å². The summed E-state index contributed by atoms with van der Waals surface area (Å²) >= 11 is 0. The van der Waals surface area contributed by atoms with Crippen LogP contribution in [0.25, 0.3) is 0 Å². The molecular formula is C5H16O5Si. The van der Waals surface area contributed by atoms with Gasteiger partial charge < -0.3 is 25.5 Å². The van der Waals surface area contributed by atoms with Crippen LogP contribution in [-0.2, 0) is 0 Å². The van der Waals surface area contributed by atoms with Crippen LogP contribution >= 0.6 is 0 Å². The largest absolute Gasteiger partial charge is 0.394 e. The van der Waals surface area contributed by atoms with Crippen molar-refractivity contribution < 1.29 is 25.5 Å². The van der Waals surface area contributed by atoms with Gasteiger partial charge in [-0.15, -0.1) is 0 Å². The summed E-state index contributed by atoms with van der Waals surface area (Å²) in [6.45, 7) is -1.28. The molecule has 0 amide bonds. The van der Waals surface area contributed by atoms with E-state index in [1.54, 1.807) is 0 Å². The molecule has 0 bridgehead atoms. The minimum atomic E-state index is -1.49. The molecule has 0 heterocycles. The third-order valence-electron chi connectivity index (χ3n) is 1.16. The van der Waals surface area contributed by atoms with Crippen molar-refractivity contribution in [2.45, 2.75) is 18.3 Å². The maximum Gasteiger partial charge on any atom is 0.110 e. The zero-order valence-electron chi connectivity index (χ0n) is 5.38. The molecule has 2 unspecified atom stereocenters. The normalized spacial score (nSPS) is 18.3. The average molecular weight is 184 g/mol. The summed E-state index contributed by atoms with van der Waals surface area (Å²) in [5.41, 5.74) is 0. The number of hydrogen-bond acceptors (Lipinski definition) is 5. The molecule has 0 aliphatic rings. The molecule has 5 nitrogen and oxygen atoms in total. The lowest BCUT2D eigenvalue weighted by Gasteiger charge is -2.19. The molecule has 0 radical (unpaired) electrons. The first-order valence-corrected chi connectivity index (χ1v) is 2.89. The minimum absolute atomic E-state index is 0. The molecule has 5 N–H and O–H groups in total. The zero-order valence-corrected chi connectivity index (χ0v) is 5.38. The second kappa shape index (κ2) is 6.71. The van der Waals surface area contributed by atoms with Crippen LogP contribution in [0.5, 0.6) is 0 Å². The number of aliphatic hydroxyl groups excluding tert-OH is 5. The molecule has 0 spiro atoms. The van der Waals surface area contributed by atoms with Crippen LogP contribution in [0.3, 0.4) is 0 Å². The van der Waals surface area contributed by atoms with Gasteiger partial charge in [-0.3, -0.25) is 0 Å². The van der Waals surface area contributed by atoms with E-state index in [1.807, 2.05) is 0 Å².